The highest BCUT2D eigenvalue weighted by atomic mass is 32.1. The number of anilines is 2. The van der Waals surface area contributed by atoms with Gasteiger partial charge in [0.25, 0.3) is 0 Å². The van der Waals surface area contributed by atoms with E-state index in [1.54, 1.807) is 17.4 Å². The monoisotopic (exact) mass is 282 g/mol. The van der Waals surface area contributed by atoms with Gasteiger partial charge in [-0.1, -0.05) is 12.1 Å². The fourth-order valence-corrected chi connectivity index (χ4v) is 3.61. The maximum atomic E-state index is 13.4. The van der Waals surface area contributed by atoms with Crippen molar-refractivity contribution in [2.75, 3.05) is 5.32 Å². The fourth-order valence-electron chi connectivity index (χ4n) is 2.42. The van der Waals surface area contributed by atoms with Gasteiger partial charge in [-0.3, -0.25) is 4.99 Å². The van der Waals surface area contributed by atoms with Crippen LogP contribution in [0.25, 0.3) is 10.1 Å². The topological polar surface area (TPSA) is 24.4 Å². The van der Waals surface area contributed by atoms with Gasteiger partial charge in [-0.25, -0.2) is 4.39 Å². The molecule has 98 valence electrons. The quantitative estimate of drug-likeness (QED) is 0.473. The highest BCUT2D eigenvalue weighted by Crippen LogP contribution is 2.41. The van der Waals surface area contributed by atoms with Gasteiger partial charge in [-0.15, -0.1) is 11.3 Å². The summed E-state index contributed by atoms with van der Waals surface area (Å²) in [5.41, 5.74) is 3.78. The molecule has 0 saturated heterocycles. The standard InChI is InChI=1S/C16H11FN2S/c1-9-2-4-11-12-8-18-13-5-3-10(17)7-14(13)19-16(12)20-15(11)6-9/h2-8,19H,1H3. The minimum Gasteiger partial charge on any atom is -0.345 e. The van der Waals surface area contributed by atoms with Crippen molar-refractivity contribution in [2.24, 2.45) is 4.99 Å². The number of fused-ring (bicyclic) bond motifs is 4. The molecule has 1 N–H and O–H groups in total. The zero-order valence-corrected chi connectivity index (χ0v) is 11.6. The highest BCUT2D eigenvalue weighted by Gasteiger charge is 2.15. The van der Waals surface area contributed by atoms with Crippen molar-refractivity contribution in [1.82, 2.24) is 0 Å². The van der Waals surface area contributed by atoms with E-state index in [1.807, 2.05) is 6.21 Å². The first-order valence-corrected chi connectivity index (χ1v) is 7.16. The van der Waals surface area contributed by atoms with Gasteiger partial charge in [0.2, 0.25) is 0 Å². The van der Waals surface area contributed by atoms with Crippen molar-refractivity contribution in [3.63, 3.8) is 0 Å². The Bertz CT molecular complexity index is 864. The van der Waals surface area contributed by atoms with E-state index in [1.165, 1.54) is 27.8 Å². The molecule has 4 heteroatoms. The molecule has 1 aliphatic heterocycles. The second-order valence-corrected chi connectivity index (χ2v) is 5.94. The number of hydrogen-bond acceptors (Lipinski definition) is 3. The van der Waals surface area contributed by atoms with Crippen molar-refractivity contribution in [1.29, 1.82) is 0 Å². The molecule has 0 bridgehead atoms. The van der Waals surface area contributed by atoms with Crippen LogP contribution in [0.3, 0.4) is 0 Å². The molecule has 2 heterocycles. The average molecular weight is 282 g/mol. The lowest BCUT2D eigenvalue weighted by Crippen LogP contribution is -1.89. The largest absolute Gasteiger partial charge is 0.345 e. The first-order valence-electron chi connectivity index (χ1n) is 6.34. The summed E-state index contributed by atoms with van der Waals surface area (Å²) in [6.45, 7) is 2.08. The Kier molecular flexibility index (Phi) is 2.41. The van der Waals surface area contributed by atoms with Crippen LogP contribution >= 0.6 is 11.3 Å². The first kappa shape index (κ1) is 11.6. The van der Waals surface area contributed by atoms with Gasteiger partial charge in [0.15, 0.2) is 0 Å². The summed E-state index contributed by atoms with van der Waals surface area (Å²) in [7, 11) is 0. The molecule has 1 aromatic heterocycles. The zero-order valence-electron chi connectivity index (χ0n) is 10.8. The van der Waals surface area contributed by atoms with E-state index < -0.39 is 0 Å². The summed E-state index contributed by atoms with van der Waals surface area (Å²) in [5.74, 6) is -0.258. The van der Waals surface area contributed by atoms with Gasteiger partial charge >= 0.3 is 0 Å². The minimum absolute atomic E-state index is 0.258. The molecule has 2 nitrogen and oxygen atoms in total. The third-order valence-electron chi connectivity index (χ3n) is 3.42. The molecule has 0 spiro atoms. The van der Waals surface area contributed by atoms with Crippen LogP contribution in [0.1, 0.15) is 11.1 Å². The lowest BCUT2D eigenvalue weighted by Gasteiger charge is -2.05. The zero-order chi connectivity index (χ0) is 13.7. The van der Waals surface area contributed by atoms with E-state index in [4.69, 9.17) is 0 Å². The highest BCUT2D eigenvalue weighted by molar-refractivity contribution is 7.23. The number of hydrogen-bond donors (Lipinski definition) is 1. The maximum absolute atomic E-state index is 13.4. The van der Waals surface area contributed by atoms with Crippen LogP contribution in [0, 0.1) is 12.7 Å². The Morgan fingerprint density at radius 1 is 1.15 bits per heavy atom. The van der Waals surface area contributed by atoms with Crippen molar-refractivity contribution >= 4 is 44.0 Å². The van der Waals surface area contributed by atoms with E-state index in [-0.39, 0.29) is 5.82 Å². The van der Waals surface area contributed by atoms with Gasteiger partial charge in [-0.2, -0.15) is 0 Å². The summed E-state index contributed by atoms with van der Waals surface area (Å²) in [6, 6.07) is 11.0. The van der Waals surface area contributed by atoms with Crippen LogP contribution in [0.5, 0.6) is 0 Å². The smallest absolute Gasteiger partial charge is 0.125 e. The van der Waals surface area contributed by atoms with Gasteiger partial charge in [0.1, 0.15) is 10.8 Å². The molecule has 0 fully saturated rings. The molecule has 0 amide bonds. The van der Waals surface area contributed by atoms with E-state index in [0.717, 1.165) is 16.3 Å². The molecule has 1 aliphatic rings. The van der Waals surface area contributed by atoms with Crippen LogP contribution in [-0.4, -0.2) is 6.21 Å². The van der Waals surface area contributed by atoms with Crippen LogP contribution in [0.4, 0.5) is 20.8 Å². The number of nitrogens with one attached hydrogen (secondary N) is 1. The Hall–Kier alpha value is -2.20. The Morgan fingerprint density at radius 2 is 2.05 bits per heavy atom. The molecule has 2 aromatic carbocycles. The molecule has 0 unspecified atom stereocenters. The molecular formula is C16H11FN2S. The fraction of sp³-hybridized carbons (Fsp3) is 0.0625. The first-order chi connectivity index (χ1) is 9.70. The third kappa shape index (κ3) is 1.72. The third-order valence-corrected chi connectivity index (χ3v) is 4.51. The molecule has 0 atom stereocenters. The van der Waals surface area contributed by atoms with Gasteiger partial charge in [0, 0.05) is 21.9 Å². The summed E-state index contributed by atoms with van der Waals surface area (Å²) in [4.78, 5) is 4.47. The van der Waals surface area contributed by atoms with Crippen LogP contribution < -0.4 is 5.32 Å². The Morgan fingerprint density at radius 3 is 2.95 bits per heavy atom. The summed E-state index contributed by atoms with van der Waals surface area (Å²) in [6.07, 6.45) is 1.86. The molecule has 4 rings (SSSR count). The van der Waals surface area contributed by atoms with Gasteiger partial charge in [0.05, 0.1) is 11.4 Å². The molecular weight excluding hydrogens is 271 g/mol. The lowest BCUT2D eigenvalue weighted by molar-refractivity contribution is 0.628. The predicted octanol–water partition coefficient (Wildman–Crippen LogP) is 5.16. The number of nitrogens with zero attached hydrogens (tertiary/aromatic N) is 1. The second-order valence-electron chi connectivity index (χ2n) is 4.89. The number of rotatable bonds is 0. The molecule has 3 aromatic rings. The maximum Gasteiger partial charge on any atom is 0.125 e. The summed E-state index contributed by atoms with van der Waals surface area (Å²) < 4.78 is 14.6. The van der Waals surface area contributed by atoms with E-state index in [2.05, 4.69) is 35.4 Å². The van der Waals surface area contributed by atoms with Gasteiger partial charge in [-0.05, 0) is 36.8 Å². The average Bonchev–Trinajstić information content (AvgIpc) is 2.64. The van der Waals surface area contributed by atoms with Crippen molar-refractivity contribution in [3.05, 3.63) is 53.3 Å². The molecule has 20 heavy (non-hydrogen) atoms. The lowest BCUT2D eigenvalue weighted by atomic mass is 10.1. The van der Waals surface area contributed by atoms with Crippen LogP contribution in [-0.2, 0) is 0 Å². The van der Waals surface area contributed by atoms with Crippen molar-refractivity contribution in [2.45, 2.75) is 6.92 Å². The number of halogens is 1. The number of benzene rings is 2. The van der Waals surface area contributed by atoms with Crippen molar-refractivity contribution in [3.8, 4) is 0 Å². The second kappa shape index (κ2) is 4.15. The minimum atomic E-state index is -0.258. The van der Waals surface area contributed by atoms with Crippen LogP contribution in [0.2, 0.25) is 0 Å². The number of aryl methyl sites for hydroxylation is 1. The molecule has 0 saturated carbocycles. The van der Waals surface area contributed by atoms with E-state index in [0.29, 0.717) is 5.69 Å². The Balaban J connectivity index is 1.96. The van der Waals surface area contributed by atoms with E-state index >= 15 is 0 Å². The molecule has 0 radical (unpaired) electrons. The summed E-state index contributed by atoms with van der Waals surface area (Å²) in [5, 5.41) is 5.50. The number of thiophene rings is 1. The van der Waals surface area contributed by atoms with E-state index in [9.17, 15) is 4.39 Å². The van der Waals surface area contributed by atoms with Gasteiger partial charge < -0.3 is 5.32 Å². The molecule has 0 aliphatic carbocycles. The summed E-state index contributed by atoms with van der Waals surface area (Å²) >= 11 is 1.67. The normalized spacial score (nSPS) is 12.7. The van der Waals surface area contributed by atoms with Crippen molar-refractivity contribution < 1.29 is 4.39 Å². The predicted molar refractivity (Wildman–Crippen MR) is 83.5 cm³/mol. The Labute approximate surface area is 119 Å². The number of aliphatic imine (C=N–C) groups is 1. The SMILES string of the molecule is Cc1ccc2c3c(sc2c1)Nc1cc(F)ccc1N=C3. The van der Waals surface area contributed by atoms with Crippen LogP contribution in [0.15, 0.2) is 41.4 Å².